The fourth-order valence-corrected chi connectivity index (χ4v) is 5.16. The molecule has 1 aliphatic carbocycles. The maximum Gasteiger partial charge on any atom is 0.407 e. The van der Waals surface area contributed by atoms with Gasteiger partial charge in [0.1, 0.15) is 24.3 Å². The Kier molecular flexibility index (Phi) is 12.2. The van der Waals surface area contributed by atoms with Gasteiger partial charge in [0, 0.05) is 18.7 Å². The zero-order chi connectivity index (χ0) is 27.4. The highest BCUT2D eigenvalue weighted by atomic mass is 32.2. The fraction of sp³-hybridized carbons (Fsp3) is 0.625. The van der Waals surface area contributed by atoms with Gasteiger partial charge in [0.2, 0.25) is 5.91 Å². The Hall–Kier alpha value is -2.82. The summed E-state index contributed by atoms with van der Waals surface area (Å²) in [5.41, 5.74) is 0.171. The molecule has 206 valence electrons. The zero-order valence-corrected chi connectivity index (χ0v) is 21.5. The quantitative estimate of drug-likeness (QED) is 0.227. The van der Waals surface area contributed by atoms with Crippen LogP contribution in [-0.2, 0) is 25.8 Å². The minimum atomic E-state index is -3.76. The van der Waals surface area contributed by atoms with Crippen LogP contribution in [-0.4, -0.2) is 74.4 Å². The Bertz CT molecular complexity index is 1040. The molecule has 1 saturated carbocycles. The van der Waals surface area contributed by atoms with Gasteiger partial charge in [-0.2, -0.15) is 5.26 Å². The van der Waals surface area contributed by atoms with Gasteiger partial charge in [-0.3, -0.25) is 4.79 Å². The van der Waals surface area contributed by atoms with E-state index in [9.17, 15) is 31.9 Å². The largest absolute Gasteiger partial charge is 0.448 e. The summed E-state index contributed by atoms with van der Waals surface area (Å²) in [4.78, 5) is 25.3. The number of halogens is 2. The van der Waals surface area contributed by atoms with E-state index in [-0.39, 0.29) is 43.4 Å². The Labute approximate surface area is 215 Å². The number of unbranched alkanes of at least 4 members (excludes halogenated alkanes) is 1. The van der Waals surface area contributed by atoms with Crippen LogP contribution in [0, 0.1) is 23.0 Å². The highest BCUT2D eigenvalue weighted by molar-refractivity contribution is 7.91. The van der Waals surface area contributed by atoms with E-state index < -0.39 is 57.4 Å². The number of carbonyl (C=O) groups excluding carboxylic acids is 2. The van der Waals surface area contributed by atoms with Gasteiger partial charge in [0.25, 0.3) is 0 Å². The van der Waals surface area contributed by atoms with Crippen LogP contribution in [0.2, 0.25) is 0 Å². The lowest BCUT2D eigenvalue weighted by atomic mass is 10.00. The van der Waals surface area contributed by atoms with Crippen molar-refractivity contribution in [1.82, 2.24) is 16.0 Å². The van der Waals surface area contributed by atoms with Crippen LogP contribution in [0.1, 0.15) is 44.6 Å². The Morgan fingerprint density at radius 1 is 1.22 bits per heavy atom. The molecule has 0 saturated heterocycles. The van der Waals surface area contributed by atoms with E-state index in [4.69, 9.17) is 10.00 Å². The number of nitrogens with one attached hydrogen (secondary N) is 3. The highest BCUT2D eigenvalue weighted by Crippen LogP contribution is 2.19. The number of amides is 2. The minimum Gasteiger partial charge on any atom is -0.448 e. The molecule has 0 heterocycles. The molecule has 37 heavy (non-hydrogen) atoms. The molecule has 0 spiro atoms. The van der Waals surface area contributed by atoms with E-state index in [0.29, 0.717) is 18.9 Å². The summed E-state index contributed by atoms with van der Waals surface area (Å²) in [6, 6.07) is 2.24. The van der Waals surface area contributed by atoms with Crippen LogP contribution in [0.15, 0.2) is 18.2 Å². The van der Waals surface area contributed by atoms with Gasteiger partial charge >= 0.3 is 6.09 Å². The van der Waals surface area contributed by atoms with E-state index in [1.807, 2.05) is 0 Å². The number of aliphatic hydroxyl groups is 1. The van der Waals surface area contributed by atoms with E-state index in [1.165, 1.54) is 0 Å². The van der Waals surface area contributed by atoms with Gasteiger partial charge in [-0.05, 0) is 43.4 Å². The number of rotatable bonds is 16. The van der Waals surface area contributed by atoms with E-state index in [0.717, 1.165) is 25.0 Å². The van der Waals surface area contributed by atoms with Crippen LogP contribution < -0.4 is 16.0 Å². The first-order valence-corrected chi connectivity index (χ1v) is 14.0. The van der Waals surface area contributed by atoms with Crippen molar-refractivity contribution in [2.24, 2.45) is 0 Å². The summed E-state index contributed by atoms with van der Waals surface area (Å²) in [6.07, 6.45) is 0.329. The number of carbonyl (C=O) groups is 2. The fourth-order valence-electron chi connectivity index (χ4n) is 3.52. The molecule has 0 aliphatic heterocycles. The van der Waals surface area contributed by atoms with Crippen LogP contribution in [0.25, 0.3) is 0 Å². The molecule has 0 unspecified atom stereocenters. The number of alkyl carbamates (subject to hydrolysis) is 1. The average molecular weight is 545 g/mol. The monoisotopic (exact) mass is 544 g/mol. The van der Waals surface area contributed by atoms with Crippen molar-refractivity contribution in [3.05, 3.63) is 35.4 Å². The van der Waals surface area contributed by atoms with Crippen molar-refractivity contribution >= 4 is 21.8 Å². The van der Waals surface area contributed by atoms with Crippen LogP contribution in [0.5, 0.6) is 0 Å². The van der Waals surface area contributed by atoms with Crippen molar-refractivity contribution in [2.45, 2.75) is 69.7 Å². The Balaban J connectivity index is 2.21. The predicted octanol–water partition coefficient (Wildman–Crippen LogP) is 1.33. The molecule has 13 heteroatoms. The Morgan fingerprint density at radius 2 is 1.89 bits per heavy atom. The van der Waals surface area contributed by atoms with Crippen LogP contribution in [0.4, 0.5) is 13.6 Å². The lowest BCUT2D eigenvalue weighted by Gasteiger charge is -2.27. The molecule has 10 nitrogen and oxygen atoms in total. The second kappa shape index (κ2) is 14.8. The minimum absolute atomic E-state index is 0.0799. The number of nitriles is 1. The molecule has 1 aliphatic rings. The van der Waals surface area contributed by atoms with Crippen molar-refractivity contribution in [3.63, 3.8) is 0 Å². The number of aliphatic hydroxyl groups excluding tert-OH is 1. The predicted molar refractivity (Wildman–Crippen MR) is 131 cm³/mol. The summed E-state index contributed by atoms with van der Waals surface area (Å²) in [5, 5.41) is 27.2. The number of ether oxygens (including phenoxy) is 1. The van der Waals surface area contributed by atoms with Gasteiger partial charge in [-0.1, -0.05) is 13.3 Å². The molecule has 0 radical (unpaired) electrons. The van der Waals surface area contributed by atoms with Crippen molar-refractivity contribution in [3.8, 4) is 6.07 Å². The highest BCUT2D eigenvalue weighted by Gasteiger charge is 2.32. The van der Waals surface area contributed by atoms with E-state index >= 15 is 0 Å². The number of hydrogen-bond donors (Lipinski definition) is 4. The molecule has 3 atom stereocenters. The molecule has 1 aromatic carbocycles. The van der Waals surface area contributed by atoms with Gasteiger partial charge in [-0.25, -0.2) is 22.0 Å². The second-order valence-corrected chi connectivity index (χ2v) is 11.3. The summed E-state index contributed by atoms with van der Waals surface area (Å²) in [6.45, 7) is 1.64. The normalized spacial score (nSPS) is 15.8. The first-order valence-electron chi connectivity index (χ1n) is 12.2. The zero-order valence-electron chi connectivity index (χ0n) is 20.7. The van der Waals surface area contributed by atoms with Gasteiger partial charge in [0.05, 0.1) is 36.1 Å². The lowest BCUT2D eigenvalue weighted by Crippen LogP contribution is -2.56. The first-order chi connectivity index (χ1) is 17.5. The van der Waals surface area contributed by atoms with Crippen LogP contribution in [0.3, 0.4) is 0 Å². The van der Waals surface area contributed by atoms with Crippen molar-refractivity contribution in [1.29, 1.82) is 5.26 Å². The number of benzene rings is 1. The van der Waals surface area contributed by atoms with Gasteiger partial charge in [-0.15, -0.1) is 0 Å². The lowest BCUT2D eigenvalue weighted by molar-refractivity contribution is -0.124. The SMILES string of the molecule is CCCCS(=O)(=O)C[C@@H](NC(=O)OCCC#N)C(=O)N[C@@H](Cc1cc(F)cc(F)c1)[C@H](O)CNC1CC1. The number of sulfone groups is 1. The third-order valence-electron chi connectivity index (χ3n) is 5.65. The van der Waals surface area contributed by atoms with Crippen molar-refractivity contribution in [2.75, 3.05) is 24.7 Å². The Morgan fingerprint density at radius 3 is 2.49 bits per heavy atom. The molecule has 1 aromatic rings. The molecule has 0 bridgehead atoms. The first kappa shape index (κ1) is 30.4. The van der Waals surface area contributed by atoms with Crippen molar-refractivity contribution < 1.29 is 36.6 Å². The summed E-state index contributed by atoms with van der Waals surface area (Å²) in [7, 11) is -3.76. The molecular weight excluding hydrogens is 510 g/mol. The average Bonchev–Trinajstić information content (AvgIpc) is 3.64. The molecular formula is C24H34F2N4O6S. The van der Waals surface area contributed by atoms with Crippen LogP contribution >= 0.6 is 0 Å². The standard InChI is InChI=1S/C24H34F2N4O6S/c1-2-3-9-37(34,35)15-21(30-24(33)36-8-4-7-27)23(32)29-20(22(31)14-28-19-5-6-19)12-16-10-17(25)13-18(26)11-16/h10-11,13,19-22,28,31H,2-6,8-9,12,14-15H2,1H3,(H,29,32)(H,30,33)/t20-,21+,22+/m0/s1. The molecule has 2 rings (SSSR count). The van der Waals surface area contributed by atoms with Gasteiger partial charge in [0.15, 0.2) is 9.84 Å². The maximum atomic E-state index is 13.7. The third-order valence-corrected chi connectivity index (χ3v) is 7.40. The summed E-state index contributed by atoms with van der Waals surface area (Å²) >= 11 is 0. The van der Waals surface area contributed by atoms with E-state index in [2.05, 4.69) is 16.0 Å². The molecule has 0 aromatic heterocycles. The topological polar surface area (TPSA) is 158 Å². The summed E-state index contributed by atoms with van der Waals surface area (Å²) in [5.74, 6) is -3.48. The molecule has 1 fully saturated rings. The summed E-state index contributed by atoms with van der Waals surface area (Å²) < 4.78 is 57.4. The third kappa shape index (κ3) is 11.8. The maximum absolute atomic E-state index is 13.7. The second-order valence-electron chi connectivity index (χ2n) is 9.06. The molecule has 2 amide bonds. The van der Waals surface area contributed by atoms with E-state index in [1.54, 1.807) is 13.0 Å². The smallest absolute Gasteiger partial charge is 0.407 e. The number of nitrogens with zero attached hydrogens (tertiary/aromatic N) is 1. The number of hydrogen-bond acceptors (Lipinski definition) is 8. The molecule has 4 N–H and O–H groups in total. The van der Waals surface area contributed by atoms with Gasteiger partial charge < -0.3 is 25.8 Å².